The third kappa shape index (κ3) is 3.14. The summed E-state index contributed by atoms with van der Waals surface area (Å²) in [4.78, 5) is 2.69. The molecule has 2 unspecified atom stereocenters. The molecule has 1 fully saturated rings. The number of unbranched alkanes of at least 4 members (excludes halogenated alkanes) is 1. The van der Waals surface area contributed by atoms with Crippen LogP contribution >= 0.6 is 11.8 Å². The van der Waals surface area contributed by atoms with Crippen molar-refractivity contribution in [3.63, 3.8) is 0 Å². The average Bonchev–Trinajstić information content (AvgIpc) is 2.33. The van der Waals surface area contributed by atoms with Gasteiger partial charge in [0.15, 0.2) is 0 Å². The van der Waals surface area contributed by atoms with Crippen molar-refractivity contribution in [2.45, 2.75) is 58.0 Å². The molecule has 0 radical (unpaired) electrons. The molecular formula is C13H28N2S. The van der Waals surface area contributed by atoms with Crippen molar-refractivity contribution in [2.24, 2.45) is 5.73 Å². The first-order valence-corrected chi connectivity index (χ1v) is 7.90. The van der Waals surface area contributed by atoms with Crippen molar-refractivity contribution >= 4 is 11.8 Å². The highest BCUT2D eigenvalue weighted by atomic mass is 32.2. The average molecular weight is 244 g/mol. The maximum absolute atomic E-state index is 6.10. The van der Waals surface area contributed by atoms with E-state index in [-0.39, 0.29) is 5.54 Å². The SMILES string of the molecule is CCCCC(CC)(CN)N1CCSCC1C. The van der Waals surface area contributed by atoms with Crippen LogP contribution in [0.4, 0.5) is 0 Å². The second kappa shape index (κ2) is 6.87. The van der Waals surface area contributed by atoms with Gasteiger partial charge in [-0.25, -0.2) is 0 Å². The van der Waals surface area contributed by atoms with E-state index in [1.807, 2.05) is 0 Å². The van der Waals surface area contributed by atoms with E-state index in [1.54, 1.807) is 0 Å². The van der Waals surface area contributed by atoms with Crippen LogP contribution in [-0.4, -0.2) is 41.1 Å². The summed E-state index contributed by atoms with van der Waals surface area (Å²) in [5, 5.41) is 0. The van der Waals surface area contributed by atoms with Crippen LogP contribution in [0.5, 0.6) is 0 Å². The topological polar surface area (TPSA) is 29.3 Å². The fourth-order valence-electron chi connectivity index (χ4n) is 2.82. The van der Waals surface area contributed by atoms with Gasteiger partial charge in [-0.05, 0) is 19.8 Å². The normalized spacial score (nSPS) is 26.6. The summed E-state index contributed by atoms with van der Waals surface area (Å²) in [7, 11) is 0. The Morgan fingerprint density at radius 2 is 2.19 bits per heavy atom. The lowest BCUT2D eigenvalue weighted by Crippen LogP contribution is -2.59. The molecule has 1 aliphatic rings. The third-order valence-corrected chi connectivity index (χ3v) is 5.20. The van der Waals surface area contributed by atoms with E-state index in [0.29, 0.717) is 6.04 Å². The first-order valence-electron chi connectivity index (χ1n) is 6.74. The standard InChI is InChI=1S/C13H28N2S/c1-4-6-7-13(5-2,11-14)15-8-9-16-10-12(15)3/h12H,4-11,14H2,1-3H3. The van der Waals surface area contributed by atoms with Crippen LogP contribution in [0, 0.1) is 0 Å². The van der Waals surface area contributed by atoms with Gasteiger partial charge >= 0.3 is 0 Å². The molecule has 2 nitrogen and oxygen atoms in total. The smallest absolute Gasteiger partial charge is 0.0332 e. The quantitative estimate of drug-likeness (QED) is 0.779. The summed E-state index contributed by atoms with van der Waals surface area (Å²) in [6.45, 7) is 8.97. The number of nitrogens with zero attached hydrogens (tertiary/aromatic N) is 1. The molecule has 1 heterocycles. The van der Waals surface area contributed by atoms with Gasteiger partial charge < -0.3 is 5.73 Å². The van der Waals surface area contributed by atoms with E-state index >= 15 is 0 Å². The lowest BCUT2D eigenvalue weighted by atomic mass is 9.86. The molecule has 1 saturated heterocycles. The molecule has 0 aromatic rings. The molecule has 16 heavy (non-hydrogen) atoms. The molecule has 0 aliphatic carbocycles. The minimum atomic E-state index is 0.274. The Balaban J connectivity index is 2.72. The van der Waals surface area contributed by atoms with E-state index in [4.69, 9.17) is 5.73 Å². The second-order valence-electron chi connectivity index (χ2n) is 5.00. The minimum absolute atomic E-state index is 0.274. The van der Waals surface area contributed by atoms with Crippen molar-refractivity contribution in [2.75, 3.05) is 24.6 Å². The maximum Gasteiger partial charge on any atom is 0.0332 e. The monoisotopic (exact) mass is 244 g/mol. The molecule has 96 valence electrons. The summed E-state index contributed by atoms with van der Waals surface area (Å²) in [6, 6.07) is 0.694. The van der Waals surface area contributed by atoms with Crippen molar-refractivity contribution in [1.29, 1.82) is 0 Å². The molecule has 0 saturated carbocycles. The van der Waals surface area contributed by atoms with Gasteiger partial charge in [-0.2, -0.15) is 11.8 Å². The zero-order valence-electron chi connectivity index (χ0n) is 11.2. The van der Waals surface area contributed by atoms with Crippen LogP contribution in [0.2, 0.25) is 0 Å². The number of thioether (sulfide) groups is 1. The zero-order chi connectivity index (χ0) is 12.0. The first-order chi connectivity index (χ1) is 7.70. The lowest BCUT2D eigenvalue weighted by molar-refractivity contribution is 0.0534. The van der Waals surface area contributed by atoms with Crippen LogP contribution in [0.1, 0.15) is 46.5 Å². The number of hydrogen-bond acceptors (Lipinski definition) is 3. The van der Waals surface area contributed by atoms with Gasteiger partial charge in [0.05, 0.1) is 0 Å². The molecule has 0 spiro atoms. The Morgan fingerprint density at radius 3 is 2.69 bits per heavy atom. The molecule has 2 atom stereocenters. The van der Waals surface area contributed by atoms with Gasteiger partial charge in [0.25, 0.3) is 0 Å². The first kappa shape index (κ1) is 14.3. The predicted octanol–water partition coefficient (Wildman–Crippen LogP) is 2.72. The van der Waals surface area contributed by atoms with Crippen molar-refractivity contribution < 1.29 is 0 Å². The van der Waals surface area contributed by atoms with Crippen LogP contribution in [0.25, 0.3) is 0 Å². The van der Waals surface area contributed by atoms with Gasteiger partial charge in [0, 0.05) is 36.2 Å². The molecule has 0 aromatic heterocycles. The maximum atomic E-state index is 6.10. The van der Waals surface area contributed by atoms with Gasteiger partial charge in [0.1, 0.15) is 0 Å². The highest BCUT2D eigenvalue weighted by Crippen LogP contribution is 2.31. The Bertz CT molecular complexity index is 192. The number of nitrogens with two attached hydrogens (primary N) is 1. The Morgan fingerprint density at radius 1 is 1.44 bits per heavy atom. The Hall–Kier alpha value is 0.270. The van der Waals surface area contributed by atoms with Crippen LogP contribution in [-0.2, 0) is 0 Å². The Kier molecular flexibility index (Phi) is 6.16. The van der Waals surface area contributed by atoms with Crippen LogP contribution < -0.4 is 5.73 Å². The van der Waals surface area contributed by atoms with Gasteiger partial charge in [-0.3, -0.25) is 4.90 Å². The van der Waals surface area contributed by atoms with E-state index in [0.717, 1.165) is 6.54 Å². The molecule has 0 amide bonds. The van der Waals surface area contributed by atoms with E-state index in [2.05, 4.69) is 37.4 Å². The second-order valence-corrected chi connectivity index (χ2v) is 6.15. The van der Waals surface area contributed by atoms with Gasteiger partial charge in [0.2, 0.25) is 0 Å². The van der Waals surface area contributed by atoms with Gasteiger partial charge in [-0.15, -0.1) is 0 Å². The van der Waals surface area contributed by atoms with Crippen molar-refractivity contribution in [3.8, 4) is 0 Å². The van der Waals surface area contributed by atoms with E-state index in [9.17, 15) is 0 Å². The molecule has 1 aliphatic heterocycles. The molecule has 2 N–H and O–H groups in total. The van der Waals surface area contributed by atoms with Gasteiger partial charge in [-0.1, -0.05) is 26.7 Å². The molecule has 0 aromatic carbocycles. The largest absolute Gasteiger partial charge is 0.329 e. The summed E-state index contributed by atoms with van der Waals surface area (Å²) in [6.07, 6.45) is 5.05. The van der Waals surface area contributed by atoms with Crippen LogP contribution in [0.3, 0.4) is 0 Å². The van der Waals surface area contributed by atoms with E-state index in [1.165, 1.54) is 43.7 Å². The van der Waals surface area contributed by atoms with Crippen LogP contribution in [0.15, 0.2) is 0 Å². The molecule has 0 bridgehead atoms. The van der Waals surface area contributed by atoms with E-state index < -0.39 is 0 Å². The highest BCUT2D eigenvalue weighted by Gasteiger charge is 2.37. The lowest BCUT2D eigenvalue weighted by Gasteiger charge is -2.48. The molecular weight excluding hydrogens is 216 g/mol. The number of hydrogen-bond donors (Lipinski definition) is 1. The fraction of sp³-hybridized carbons (Fsp3) is 1.00. The summed E-state index contributed by atoms with van der Waals surface area (Å²) in [5.41, 5.74) is 6.38. The summed E-state index contributed by atoms with van der Waals surface area (Å²) >= 11 is 2.09. The van der Waals surface area contributed by atoms with Crippen molar-refractivity contribution in [1.82, 2.24) is 4.90 Å². The third-order valence-electron chi connectivity index (χ3n) is 4.01. The fourth-order valence-corrected chi connectivity index (χ4v) is 3.84. The van der Waals surface area contributed by atoms with Crippen molar-refractivity contribution in [3.05, 3.63) is 0 Å². The Labute approximate surface area is 105 Å². The highest BCUT2D eigenvalue weighted by molar-refractivity contribution is 7.99. The predicted molar refractivity (Wildman–Crippen MR) is 75.1 cm³/mol. The molecule has 3 heteroatoms. The zero-order valence-corrected chi connectivity index (χ0v) is 12.0. The molecule has 1 rings (SSSR count). The summed E-state index contributed by atoms with van der Waals surface area (Å²) < 4.78 is 0. The summed E-state index contributed by atoms with van der Waals surface area (Å²) in [5.74, 6) is 2.55. The number of rotatable bonds is 6. The minimum Gasteiger partial charge on any atom is -0.329 e.